The van der Waals surface area contributed by atoms with Gasteiger partial charge in [-0.3, -0.25) is 23.4 Å². The minimum absolute atomic E-state index is 0.256. The molecule has 6 N–H and O–H groups in total. The fourth-order valence-electron chi connectivity index (χ4n) is 3.92. The molecule has 0 radical (unpaired) electrons. The van der Waals surface area contributed by atoms with E-state index in [2.05, 4.69) is 18.1 Å². The van der Waals surface area contributed by atoms with Gasteiger partial charge in [0.15, 0.2) is 6.23 Å². The Hall–Kier alpha value is -2.66. The lowest BCUT2D eigenvalue weighted by Gasteiger charge is -2.19. The quantitative estimate of drug-likeness (QED) is 0.150. The van der Waals surface area contributed by atoms with Gasteiger partial charge in [0.1, 0.15) is 18.3 Å². The molecule has 228 valence electrons. The average Bonchev–Trinajstić information content (AvgIpc) is 3.17. The zero-order valence-corrected chi connectivity index (χ0v) is 23.7. The van der Waals surface area contributed by atoms with Crippen molar-refractivity contribution in [2.24, 2.45) is 0 Å². The van der Waals surface area contributed by atoms with Gasteiger partial charge in [0.25, 0.3) is 5.56 Å². The first-order valence-electron chi connectivity index (χ1n) is 11.7. The Morgan fingerprint density at radius 1 is 0.857 bits per heavy atom. The number of aromatic nitrogens is 3. The number of hydrogen-bond donors (Lipinski definition) is 6. The number of hydrogen-bond acceptors (Lipinski definition) is 12. The highest BCUT2D eigenvalue weighted by atomic mass is 31.3. The van der Waals surface area contributed by atoms with Crippen molar-refractivity contribution < 1.29 is 61.4 Å². The lowest BCUT2D eigenvalue weighted by molar-refractivity contribution is -0.0547. The summed E-state index contributed by atoms with van der Waals surface area (Å²) in [5.74, 6) is 0. The van der Waals surface area contributed by atoms with Crippen LogP contribution < -0.4 is 11.2 Å². The highest BCUT2D eigenvalue weighted by molar-refractivity contribution is 7.66. The van der Waals surface area contributed by atoms with E-state index in [4.69, 9.17) is 14.5 Å². The summed E-state index contributed by atoms with van der Waals surface area (Å²) in [6.45, 7) is -1.33. The number of ether oxygens (including phenoxy) is 1. The molecule has 1 saturated heterocycles. The van der Waals surface area contributed by atoms with Crippen molar-refractivity contribution in [2.75, 3.05) is 6.61 Å². The highest BCUT2D eigenvalue weighted by Gasteiger charge is 2.47. The van der Waals surface area contributed by atoms with Crippen LogP contribution in [-0.2, 0) is 38.1 Å². The maximum absolute atomic E-state index is 13.2. The van der Waals surface area contributed by atoms with Crippen molar-refractivity contribution in [2.45, 2.75) is 31.1 Å². The molecule has 0 spiro atoms. The van der Waals surface area contributed by atoms with Crippen molar-refractivity contribution in [1.29, 1.82) is 0 Å². The first-order valence-corrected chi connectivity index (χ1v) is 16.2. The molecule has 1 fully saturated rings. The van der Waals surface area contributed by atoms with Gasteiger partial charge in [-0.25, -0.2) is 18.5 Å². The SMILES string of the molecule is O=c1ccn([C@@H]2O[C@H](COP(=O)(O)OP(=O)(O)OP(=O)(O)O)[C@H](O)[C@@H]2O)c(=O)n1Cc1ccc(-c2ccccc2)cn1. The number of phosphoric ester groups is 1. The Morgan fingerprint density at radius 3 is 2.17 bits per heavy atom. The first kappa shape index (κ1) is 32.3. The first-order chi connectivity index (χ1) is 19.6. The number of aliphatic hydroxyl groups excluding tert-OH is 2. The van der Waals surface area contributed by atoms with Crippen LogP contribution in [0.2, 0.25) is 0 Å². The minimum Gasteiger partial charge on any atom is -0.387 e. The maximum atomic E-state index is 13.2. The Bertz CT molecular complexity index is 1670. The van der Waals surface area contributed by atoms with Crippen LogP contribution in [0.15, 0.2) is 70.5 Å². The summed E-state index contributed by atoms with van der Waals surface area (Å²) < 4.78 is 52.8. The largest absolute Gasteiger partial charge is 0.490 e. The van der Waals surface area contributed by atoms with E-state index in [-0.39, 0.29) is 6.54 Å². The molecule has 6 atom stereocenters. The van der Waals surface area contributed by atoms with E-state index in [1.54, 1.807) is 18.3 Å². The Labute approximate surface area is 235 Å². The molecule has 3 aromatic rings. The van der Waals surface area contributed by atoms with Crippen LogP contribution >= 0.6 is 23.5 Å². The Morgan fingerprint density at radius 2 is 1.55 bits per heavy atom. The van der Waals surface area contributed by atoms with Crippen LogP contribution in [0.3, 0.4) is 0 Å². The molecule has 1 aliphatic rings. The second kappa shape index (κ2) is 12.5. The van der Waals surface area contributed by atoms with E-state index in [0.717, 1.165) is 32.5 Å². The molecule has 18 nitrogen and oxygen atoms in total. The molecule has 0 saturated carbocycles. The second-order valence-corrected chi connectivity index (χ2v) is 13.2. The topological polar surface area (TPSA) is 266 Å². The third-order valence-corrected chi connectivity index (χ3v) is 9.58. The number of rotatable bonds is 11. The van der Waals surface area contributed by atoms with Gasteiger partial charge in [0.2, 0.25) is 0 Å². The van der Waals surface area contributed by atoms with Crippen LogP contribution in [0.1, 0.15) is 11.9 Å². The van der Waals surface area contributed by atoms with Gasteiger partial charge in [-0.15, -0.1) is 0 Å². The molecule has 0 amide bonds. The van der Waals surface area contributed by atoms with Crippen LogP contribution in [0.5, 0.6) is 0 Å². The molecule has 2 aromatic heterocycles. The summed E-state index contributed by atoms with van der Waals surface area (Å²) in [5, 5.41) is 20.8. The lowest BCUT2D eigenvalue weighted by atomic mass is 10.1. The van der Waals surface area contributed by atoms with Crippen molar-refractivity contribution >= 4 is 23.5 Å². The van der Waals surface area contributed by atoms with Crippen LogP contribution in [0.25, 0.3) is 11.1 Å². The molecular weight excluding hydrogens is 627 g/mol. The number of phosphoric acid groups is 3. The normalized spacial score (nSPS) is 23.8. The molecule has 4 rings (SSSR count). The van der Waals surface area contributed by atoms with Gasteiger partial charge in [0.05, 0.1) is 18.8 Å². The Kier molecular flexibility index (Phi) is 9.62. The molecule has 2 unspecified atom stereocenters. The second-order valence-electron chi connectivity index (χ2n) is 8.77. The molecule has 1 aliphatic heterocycles. The zero-order chi connectivity index (χ0) is 30.9. The maximum Gasteiger partial charge on any atom is 0.490 e. The number of aliphatic hydroxyl groups is 2. The molecular formula is C21H24N3O15P3. The van der Waals surface area contributed by atoms with Crippen molar-refractivity contribution in [3.63, 3.8) is 0 Å². The van der Waals surface area contributed by atoms with Gasteiger partial charge in [0, 0.05) is 24.0 Å². The fourth-order valence-corrected chi connectivity index (χ4v) is 6.95. The van der Waals surface area contributed by atoms with Gasteiger partial charge < -0.3 is 34.5 Å². The summed E-state index contributed by atoms with van der Waals surface area (Å²) in [5.41, 5.74) is 0.400. The van der Waals surface area contributed by atoms with E-state index >= 15 is 0 Å². The van der Waals surface area contributed by atoms with E-state index in [1.165, 1.54) is 0 Å². The summed E-state index contributed by atoms with van der Waals surface area (Å²) in [6, 6.07) is 13.7. The number of nitrogens with zero attached hydrogens (tertiary/aromatic N) is 3. The highest BCUT2D eigenvalue weighted by Crippen LogP contribution is 2.66. The third-order valence-electron chi connectivity index (χ3n) is 5.78. The number of pyridine rings is 1. The lowest BCUT2D eigenvalue weighted by Crippen LogP contribution is -2.43. The van der Waals surface area contributed by atoms with Crippen molar-refractivity contribution in [3.8, 4) is 11.1 Å². The van der Waals surface area contributed by atoms with E-state index in [0.29, 0.717) is 5.69 Å². The smallest absolute Gasteiger partial charge is 0.387 e. The average molecular weight is 651 g/mol. The Balaban J connectivity index is 1.47. The van der Waals surface area contributed by atoms with Crippen molar-refractivity contribution in [3.05, 3.63) is 87.5 Å². The molecule has 0 aliphatic carbocycles. The standard InChI is InChI=1S/C21H24N3O15P3/c25-17-8-9-23(21(28)24(17)11-15-7-6-14(10-22-15)13-4-2-1-3-5-13)20-19(27)18(26)16(37-20)12-36-41(32,33)39-42(34,35)38-40(29,30)31/h1-10,16,18-20,26-27H,11-12H2,(H,32,33)(H,34,35)(H2,29,30,31)/t16-,18+,19+,20-/m1/s1. The van der Waals surface area contributed by atoms with E-state index < -0.39 is 65.9 Å². The molecule has 21 heteroatoms. The van der Waals surface area contributed by atoms with E-state index in [9.17, 15) is 43.3 Å². The molecule has 1 aromatic carbocycles. The predicted octanol–water partition coefficient (Wildman–Crippen LogP) is 0.0828. The number of benzene rings is 1. The third kappa shape index (κ3) is 8.03. The van der Waals surface area contributed by atoms with Gasteiger partial charge in [-0.1, -0.05) is 36.4 Å². The summed E-state index contributed by atoms with van der Waals surface area (Å²) >= 11 is 0. The summed E-state index contributed by atoms with van der Waals surface area (Å²) in [7, 11) is -16.9. The monoisotopic (exact) mass is 651 g/mol. The predicted molar refractivity (Wildman–Crippen MR) is 139 cm³/mol. The van der Waals surface area contributed by atoms with Crippen molar-refractivity contribution in [1.82, 2.24) is 14.1 Å². The zero-order valence-electron chi connectivity index (χ0n) is 21.0. The fraction of sp³-hybridized carbons (Fsp3) is 0.286. The molecule has 3 heterocycles. The summed E-state index contributed by atoms with van der Waals surface area (Å²) in [4.78, 5) is 66.0. The summed E-state index contributed by atoms with van der Waals surface area (Å²) in [6.07, 6.45) is -4.36. The van der Waals surface area contributed by atoms with Crippen LogP contribution in [0, 0.1) is 0 Å². The molecule has 42 heavy (non-hydrogen) atoms. The molecule has 0 bridgehead atoms. The van der Waals surface area contributed by atoms with Gasteiger partial charge >= 0.3 is 29.2 Å². The van der Waals surface area contributed by atoms with Crippen LogP contribution in [-0.4, -0.2) is 68.8 Å². The van der Waals surface area contributed by atoms with Crippen LogP contribution in [0.4, 0.5) is 0 Å². The van der Waals surface area contributed by atoms with Gasteiger partial charge in [-0.2, -0.15) is 8.62 Å². The van der Waals surface area contributed by atoms with E-state index in [1.807, 2.05) is 30.3 Å². The van der Waals surface area contributed by atoms with Gasteiger partial charge in [-0.05, 0) is 11.6 Å². The minimum atomic E-state index is -5.79.